The van der Waals surface area contributed by atoms with Crippen LogP contribution in [0.3, 0.4) is 0 Å². The van der Waals surface area contributed by atoms with Gasteiger partial charge in [0.15, 0.2) is 0 Å². The lowest BCUT2D eigenvalue weighted by Gasteiger charge is -2.23. The lowest BCUT2D eigenvalue weighted by Crippen LogP contribution is -2.22. The number of ether oxygens (including phenoxy) is 2. The molecule has 2 atom stereocenters. The number of benzene rings is 1. The molecule has 2 unspecified atom stereocenters. The Balaban J connectivity index is 2.23. The van der Waals surface area contributed by atoms with Crippen LogP contribution >= 0.6 is 0 Å². The van der Waals surface area contributed by atoms with Gasteiger partial charge in [-0.15, -0.1) is 0 Å². The first-order valence-electron chi connectivity index (χ1n) is 6.98. The SMILES string of the molecule is COC(=O)C1CCCCCC1c1ccc(OC)cc1. The van der Waals surface area contributed by atoms with Crippen LogP contribution in [0.25, 0.3) is 0 Å². The number of esters is 1. The van der Waals surface area contributed by atoms with Gasteiger partial charge in [-0.1, -0.05) is 31.4 Å². The van der Waals surface area contributed by atoms with Crippen LogP contribution in [0.2, 0.25) is 0 Å². The van der Waals surface area contributed by atoms with Crippen LogP contribution in [0, 0.1) is 5.92 Å². The Hall–Kier alpha value is -1.51. The molecule has 3 nitrogen and oxygen atoms in total. The number of hydrogen-bond donors (Lipinski definition) is 0. The van der Waals surface area contributed by atoms with E-state index in [1.54, 1.807) is 7.11 Å². The highest BCUT2D eigenvalue weighted by atomic mass is 16.5. The first kappa shape index (κ1) is 13.9. The zero-order valence-electron chi connectivity index (χ0n) is 11.7. The number of hydrogen-bond acceptors (Lipinski definition) is 3. The number of methoxy groups -OCH3 is 2. The summed E-state index contributed by atoms with van der Waals surface area (Å²) in [6.45, 7) is 0. The Labute approximate surface area is 114 Å². The largest absolute Gasteiger partial charge is 0.497 e. The van der Waals surface area contributed by atoms with Crippen molar-refractivity contribution in [2.45, 2.75) is 38.0 Å². The third-order valence-corrected chi connectivity index (χ3v) is 4.06. The minimum Gasteiger partial charge on any atom is -0.497 e. The van der Waals surface area contributed by atoms with Crippen LogP contribution in [0.1, 0.15) is 43.6 Å². The fraction of sp³-hybridized carbons (Fsp3) is 0.562. The van der Waals surface area contributed by atoms with E-state index < -0.39 is 0 Å². The lowest BCUT2D eigenvalue weighted by atomic mass is 9.82. The summed E-state index contributed by atoms with van der Waals surface area (Å²) in [5.41, 5.74) is 1.22. The second-order valence-electron chi connectivity index (χ2n) is 5.15. The predicted octanol–water partition coefficient (Wildman–Crippen LogP) is 3.53. The highest BCUT2D eigenvalue weighted by molar-refractivity contribution is 5.73. The van der Waals surface area contributed by atoms with E-state index in [2.05, 4.69) is 12.1 Å². The van der Waals surface area contributed by atoms with Crippen LogP contribution < -0.4 is 4.74 Å². The molecule has 1 aliphatic rings. The maximum Gasteiger partial charge on any atom is 0.309 e. The normalized spacial score (nSPS) is 23.5. The minimum atomic E-state index is -0.0669. The summed E-state index contributed by atoms with van der Waals surface area (Å²) >= 11 is 0. The molecule has 0 heterocycles. The highest BCUT2D eigenvalue weighted by Gasteiger charge is 2.31. The molecule has 1 saturated carbocycles. The molecule has 0 amide bonds. The Morgan fingerprint density at radius 2 is 1.74 bits per heavy atom. The molecule has 1 aromatic carbocycles. The molecule has 1 fully saturated rings. The molecular formula is C16H22O3. The summed E-state index contributed by atoms with van der Waals surface area (Å²) in [5, 5.41) is 0. The van der Waals surface area contributed by atoms with E-state index >= 15 is 0 Å². The second kappa shape index (κ2) is 6.60. The van der Waals surface area contributed by atoms with Crippen molar-refractivity contribution in [2.75, 3.05) is 14.2 Å². The zero-order valence-corrected chi connectivity index (χ0v) is 11.7. The molecule has 0 bridgehead atoms. The van der Waals surface area contributed by atoms with Crippen LogP contribution in [0.15, 0.2) is 24.3 Å². The van der Waals surface area contributed by atoms with Crippen molar-refractivity contribution in [3.05, 3.63) is 29.8 Å². The monoisotopic (exact) mass is 262 g/mol. The van der Waals surface area contributed by atoms with Gasteiger partial charge in [0.2, 0.25) is 0 Å². The van der Waals surface area contributed by atoms with Gasteiger partial charge in [-0.2, -0.15) is 0 Å². The highest BCUT2D eigenvalue weighted by Crippen LogP contribution is 2.37. The van der Waals surface area contributed by atoms with Gasteiger partial charge in [-0.25, -0.2) is 0 Å². The maximum absolute atomic E-state index is 12.0. The van der Waals surface area contributed by atoms with E-state index in [1.807, 2.05) is 12.1 Å². The summed E-state index contributed by atoms with van der Waals surface area (Å²) in [7, 11) is 3.15. The average Bonchev–Trinajstić information content (AvgIpc) is 2.72. The van der Waals surface area contributed by atoms with Crippen molar-refractivity contribution >= 4 is 5.97 Å². The molecule has 104 valence electrons. The summed E-state index contributed by atoms with van der Waals surface area (Å²) in [4.78, 5) is 12.0. The molecule has 2 rings (SSSR count). The van der Waals surface area contributed by atoms with Gasteiger partial charge in [0.1, 0.15) is 5.75 Å². The van der Waals surface area contributed by atoms with Gasteiger partial charge in [-0.05, 0) is 36.5 Å². The van der Waals surface area contributed by atoms with E-state index in [0.29, 0.717) is 0 Å². The number of carbonyl (C=O) groups is 1. The Morgan fingerprint density at radius 1 is 1.05 bits per heavy atom. The van der Waals surface area contributed by atoms with Crippen molar-refractivity contribution < 1.29 is 14.3 Å². The molecule has 0 N–H and O–H groups in total. The molecule has 0 spiro atoms. The molecule has 19 heavy (non-hydrogen) atoms. The summed E-state index contributed by atoms with van der Waals surface area (Å²) < 4.78 is 10.2. The van der Waals surface area contributed by atoms with Gasteiger partial charge in [0.05, 0.1) is 20.1 Å². The van der Waals surface area contributed by atoms with E-state index in [4.69, 9.17) is 9.47 Å². The smallest absolute Gasteiger partial charge is 0.309 e. The third kappa shape index (κ3) is 3.28. The average molecular weight is 262 g/mol. The standard InChI is InChI=1S/C16H22O3/c1-18-13-10-8-12(9-11-13)14-6-4-3-5-7-15(14)16(17)19-2/h8-11,14-15H,3-7H2,1-2H3. The fourth-order valence-corrected chi connectivity index (χ4v) is 2.99. The van der Waals surface area contributed by atoms with Gasteiger partial charge in [0, 0.05) is 0 Å². The summed E-state index contributed by atoms with van der Waals surface area (Å²) in [5.74, 6) is 1.07. The Bertz CT molecular complexity index is 411. The van der Waals surface area contributed by atoms with Crippen LogP contribution in [-0.2, 0) is 9.53 Å². The van der Waals surface area contributed by atoms with E-state index in [1.165, 1.54) is 25.5 Å². The van der Waals surface area contributed by atoms with Crippen LogP contribution in [0.4, 0.5) is 0 Å². The van der Waals surface area contributed by atoms with Gasteiger partial charge >= 0.3 is 5.97 Å². The van der Waals surface area contributed by atoms with Crippen molar-refractivity contribution in [3.8, 4) is 5.75 Å². The van der Waals surface area contributed by atoms with E-state index in [9.17, 15) is 4.79 Å². The molecule has 0 radical (unpaired) electrons. The van der Waals surface area contributed by atoms with Crippen molar-refractivity contribution in [2.24, 2.45) is 5.92 Å². The molecule has 0 aromatic heterocycles. The van der Waals surface area contributed by atoms with Crippen LogP contribution in [0.5, 0.6) is 5.75 Å². The Kier molecular flexibility index (Phi) is 4.83. The predicted molar refractivity (Wildman–Crippen MR) is 74.3 cm³/mol. The van der Waals surface area contributed by atoms with Gasteiger partial charge in [-0.3, -0.25) is 4.79 Å². The molecular weight excluding hydrogens is 240 g/mol. The van der Waals surface area contributed by atoms with E-state index in [0.717, 1.165) is 25.0 Å². The molecule has 1 aromatic rings. The number of carbonyl (C=O) groups excluding carboxylic acids is 1. The number of rotatable bonds is 3. The molecule has 1 aliphatic carbocycles. The topological polar surface area (TPSA) is 35.5 Å². The van der Waals surface area contributed by atoms with Gasteiger partial charge < -0.3 is 9.47 Å². The first-order chi connectivity index (χ1) is 9.26. The van der Waals surface area contributed by atoms with E-state index in [-0.39, 0.29) is 17.8 Å². The van der Waals surface area contributed by atoms with Crippen molar-refractivity contribution in [1.82, 2.24) is 0 Å². The molecule has 0 aliphatic heterocycles. The lowest BCUT2D eigenvalue weighted by molar-refractivity contribution is -0.146. The second-order valence-corrected chi connectivity index (χ2v) is 5.15. The fourth-order valence-electron chi connectivity index (χ4n) is 2.99. The molecule has 0 saturated heterocycles. The van der Waals surface area contributed by atoms with Crippen LogP contribution in [-0.4, -0.2) is 20.2 Å². The summed E-state index contributed by atoms with van der Waals surface area (Å²) in [6, 6.07) is 8.08. The Morgan fingerprint density at radius 3 is 2.37 bits per heavy atom. The quantitative estimate of drug-likeness (QED) is 0.617. The first-order valence-corrected chi connectivity index (χ1v) is 6.98. The minimum absolute atomic E-state index is 0.000829. The zero-order chi connectivity index (χ0) is 13.7. The van der Waals surface area contributed by atoms with Crippen molar-refractivity contribution in [3.63, 3.8) is 0 Å². The summed E-state index contributed by atoms with van der Waals surface area (Å²) in [6.07, 6.45) is 5.51. The third-order valence-electron chi connectivity index (χ3n) is 4.06. The maximum atomic E-state index is 12.0. The van der Waals surface area contributed by atoms with Gasteiger partial charge in [0.25, 0.3) is 0 Å². The molecule has 3 heteroatoms. The van der Waals surface area contributed by atoms with Crippen molar-refractivity contribution in [1.29, 1.82) is 0 Å².